The summed E-state index contributed by atoms with van der Waals surface area (Å²) in [7, 11) is 0. The Balaban J connectivity index is 2.04. The molecule has 0 saturated heterocycles. The maximum atomic E-state index is 12.0. The van der Waals surface area contributed by atoms with Gasteiger partial charge in [-0.1, -0.05) is 45.4 Å². The van der Waals surface area contributed by atoms with Crippen LogP contribution in [0.4, 0.5) is 0 Å². The zero-order chi connectivity index (χ0) is 13.9. The molecule has 3 nitrogen and oxygen atoms in total. The maximum absolute atomic E-state index is 12.0. The highest BCUT2D eigenvalue weighted by molar-refractivity contribution is 5.78. The molecule has 0 heterocycles. The highest BCUT2D eigenvalue weighted by atomic mass is 16.1. The quantitative estimate of drug-likeness (QED) is 0.631. The lowest BCUT2D eigenvalue weighted by Crippen LogP contribution is -2.35. The average molecular weight is 268 g/mol. The zero-order valence-electron chi connectivity index (χ0n) is 12.6. The van der Waals surface area contributed by atoms with Crippen molar-refractivity contribution in [2.45, 2.75) is 71.1 Å². The summed E-state index contributed by atoms with van der Waals surface area (Å²) in [6.45, 7) is 3.83. The van der Waals surface area contributed by atoms with Gasteiger partial charge < -0.3 is 11.1 Å². The number of amides is 1. The highest BCUT2D eigenvalue weighted by Crippen LogP contribution is 2.28. The van der Waals surface area contributed by atoms with Crippen LogP contribution in [0.25, 0.3) is 0 Å². The summed E-state index contributed by atoms with van der Waals surface area (Å²) in [5, 5.41) is 3.11. The SMILES string of the molecule is CCCCCCCCNC(=O)C1CCCC(CN)C1. The second kappa shape index (κ2) is 10.2. The molecule has 0 bridgehead atoms. The molecule has 0 aromatic heterocycles. The smallest absolute Gasteiger partial charge is 0.223 e. The van der Waals surface area contributed by atoms with Crippen molar-refractivity contribution in [2.75, 3.05) is 13.1 Å². The summed E-state index contributed by atoms with van der Waals surface area (Å²) < 4.78 is 0. The van der Waals surface area contributed by atoms with E-state index in [1.807, 2.05) is 0 Å². The summed E-state index contributed by atoms with van der Waals surface area (Å²) >= 11 is 0. The van der Waals surface area contributed by atoms with Crippen LogP contribution in [0.1, 0.15) is 71.1 Å². The molecule has 3 N–H and O–H groups in total. The highest BCUT2D eigenvalue weighted by Gasteiger charge is 2.25. The van der Waals surface area contributed by atoms with E-state index < -0.39 is 0 Å². The molecule has 0 spiro atoms. The number of rotatable bonds is 9. The van der Waals surface area contributed by atoms with Crippen LogP contribution in [0.5, 0.6) is 0 Å². The Labute approximate surface area is 118 Å². The van der Waals surface area contributed by atoms with Crippen LogP contribution in [0.3, 0.4) is 0 Å². The first-order valence-electron chi connectivity index (χ1n) is 8.25. The molecule has 1 amide bonds. The van der Waals surface area contributed by atoms with E-state index >= 15 is 0 Å². The minimum absolute atomic E-state index is 0.224. The molecule has 1 fully saturated rings. The third kappa shape index (κ3) is 6.95. The first-order valence-corrected chi connectivity index (χ1v) is 8.25. The fraction of sp³-hybridized carbons (Fsp3) is 0.938. The third-order valence-electron chi connectivity index (χ3n) is 4.32. The molecule has 2 unspecified atom stereocenters. The molecule has 3 heteroatoms. The van der Waals surface area contributed by atoms with Gasteiger partial charge in [-0.25, -0.2) is 0 Å². The van der Waals surface area contributed by atoms with Gasteiger partial charge in [0.05, 0.1) is 0 Å². The predicted octanol–water partition coefficient (Wildman–Crippen LogP) is 3.23. The second-order valence-corrected chi connectivity index (χ2v) is 6.02. The molecule has 1 saturated carbocycles. The topological polar surface area (TPSA) is 55.1 Å². The predicted molar refractivity (Wildman–Crippen MR) is 80.9 cm³/mol. The molecular weight excluding hydrogens is 236 g/mol. The van der Waals surface area contributed by atoms with E-state index in [2.05, 4.69) is 12.2 Å². The van der Waals surface area contributed by atoms with Crippen LogP contribution in [-0.2, 0) is 4.79 Å². The summed E-state index contributed by atoms with van der Waals surface area (Å²) in [6.07, 6.45) is 12.1. The fourth-order valence-corrected chi connectivity index (χ4v) is 3.00. The van der Waals surface area contributed by atoms with Crippen molar-refractivity contribution in [1.82, 2.24) is 5.32 Å². The van der Waals surface area contributed by atoms with Gasteiger partial charge in [-0.2, -0.15) is 0 Å². The molecule has 112 valence electrons. The summed E-state index contributed by atoms with van der Waals surface area (Å²) in [5.41, 5.74) is 5.71. The maximum Gasteiger partial charge on any atom is 0.223 e. The van der Waals surface area contributed by atoms with Crippen molar-refractivity contribution >= 4 is 5.91 Å². The molecule has 1 rings (SSSR count). The van der Waals surface area contributed by atoms with Gasteiger partial charge >= 0.3 is 0 Å². The molecule has 19 heavy (non-hydrogen) atoms. The lowest BCUT2D eigenvalue weighted by molar-refractivity contribution is -0.126. The van der Waals surface area contributed by atoms with E-state index in [1.165, 1.54) is 38.5 Å². The molecule has 2 atom stereocenters. The Morgan fingerprint density at radius 3 is 2.63 bits per heavy atom. The van der Waals surface area contributed by atoms with Gasteiger partial charge in [0.15, 0.2) is 0 Å². The Kier molecular flexibility index (Phi) is 8.89. The Morgan fingerprint density at radius 2 is 1.89 bits per heavy atom. The van der Waals surface area contributed by atoms with Gasteiger partial charge in [-0.05, 0) is 38.1 Å². The van der Waals surface area contributed by atoms with Gasteiger partial charge in [0.1, 0.15) is 0 Å². The Hall–Kier alpha value is -0.570. The van der Waals surface area contributed by atoms with Crippen molar-refractivity contribution in [3.8, 4) is 0 Å². The first kappa shape index (κ1) is 16.5. The van der Waals surface area contributed by atoms with E-state index in [-0.39, 0.29) is 11.8 Å². The first-order chi connectivity index (χ1) is 9.27. The van der Waals surface area contributed by atoms with E-state index in [0.29, 0.717) is 5.92 Å². The van der Waals surface area contributed by atoms with Crippen molar-refractivity contribution in [3.05, 3.63) is 0 Å². The number of carbonyl (C=O) groups is 1. The van der Waals surface area contributed by atoms with Crippen molar-refractivity contribution in [3.63, 3.8) is 0 Å². The molecule has 0 aromatic carbocycles. The van der Waals surface area contributed by atoms with Gasteiger partial charge in [-0.15, -0.1) is 0 Å². The number of nitrogens with one attached hydrogen (secondary N) is 1. The van der Waals surface area contributed by atoms with Crippen LogP contribution < -0.4 is 11.1 Å². The van der Waals surface area contributed by atoms with Crippen molar-refractivity contribution < 1.29 is 4.79 Å². The van der Waals surface area contributed by atoms with Gasteiger partial charge in [0.25, 0.3) is 0 Å². The largest absolute Gasteiger partial charge is 0.356 e. The minimum Gasteiger partial charge on any atom is -0.356 e. The lowest BCUT2D eigenvalue weighted by Gasteiger charge is -2.27. The minimum atomic E-state index is 0.224. The number of hydrogen-bond acceptors (Lipinski definition) is 2. The molecule has 0 radical (unpaired) electrons. The zero-order valence-corrected chi connectivity index (χ0v) is 12.6. The normalized spacial score (nSPS) is 23.3. The lowest BCUT2D eigenvalue weighted by atomic mass is 9.81. The second-order valence-electron chi connectivity index (χ2n) is 6.02. The van der Waals surface area contributed by atoms with Crippen LogP contribution in [0.2, 0.25) is 0 Å². The number of nitrogens with two attached hydrogens (primary N) is 1. The van der Waals surface area contributed by atoms with Crippen LogP contribution in [0.15, 0.2) is 0 Å². The van der Waals surface area contributed by atoms with E-state index in [9.17, 15) is 4.79 Å². The van der Waals surface area contributed by atoms with E-state index in [0.717, 1.165) is 38.8 Å². The van der Waals surface area contributed by atoms with E-state index in [4.69, 9.17) is 5.73 Å². The monoisotopic (exact) mass is 268 g/mol. The molecule has 1 aliphatic rings. The molecular formula is C16H32N2O. The van der Waals surface area contributed by atoms with Gasteiger partial charge in [0.2, 0.25) is 5.91 Å². The third-order valence-corrected chi connectivity index (χ3v) is 4.32. The molecule has 0 aromatic rings. The number of unbranched alkanes of at least 4 members (excludes halogenated alkanes) is 5. The fourth-order valence-electron chi connectivity index (χ4n) is 3.00. The van der Waals surface area contributed by atoms with Gasteiger partial charge in [0, 0.05) is 12.5 Å². The van der Waals surface area contributed by atoms with Crippen molar-refractivity contribution in [2.24, 2.45) is 17.6 Å². The van der Waals surface area contributed by atoms with Gasteiger partial charge in [-0.3, -0.25) is 4.79 Å². The van der Waals surface area contributed by atoms with Crippen molar-refractivity contribution in [1.29, 1.82) is 0 Å². The van der Waals surface area contributed by atoms with Crippen LogP contribution in [-0.4, -0.2) is 19.0 Å². The van der Waals surface area contributed by atoms with Crippen LogP contribution >= 0.6 is 0 Å². The summed E-state index contributed by atoms with van der Waals surface area (Å²) in [5.74, 6) is 1.06. The average Bonchev–Trinajstić information content (AvgIpc) is 2.46. The van der Waals surface area contributed by atoms with E-state index in [1.54, 1.807) is 0 Å². The number of hydrogen-bond donors (Lipinski definition) is 2. The van der Waals surface area contributed by atoms with Crippen LogP contribution in [0, 0.1) is 11.8 Å². The molecule has 1 aliphatic carbocycles. The number of carbonyl (C=O) groups excluding carboxylic acids is 1. The Bertz CT molecular complexity index is 243. The summed E-state index contributed by atoms with van der Waals surface area (Å²) in [6, 6.07) is 0. The standard InChI is InChI=1S/C16H32N2O/c1-2-3-4-5-6-7-11-18-16(19)15-10-8-9-14(12-15)13-17/h14-15H,2-13,17H2,1H3,(H,18,19). The Morgan fingerprint density at radius 1 is 1.16 bits per heavy atom. The summed E-state index contributed by atoms with van der Waals surface area (Å²) in [4.78, 5) is 12.0. The molecule has 0 aliphatic heterocycles.